The number of rotatable bonds is 1. The third-order valence-electron chi connectivity index (χ3n) is 3.73. The van der Waals surface area contributed by atoms with E-state index in [0.717, 1.165) is 12.8 Å². The van der Waals surface area contributed by atoms with Crippen LogP contribution in [0.2, 0.25) is 0 Å². The van der Waals surface area contributed by atoms with Crippen molar-refractivity contribution in [2.24, 2.45) is 16.7 Å². The Morgan fingerprint density at radius 2 is 1.73 bits per heavy atom. The summed E-state index contributed by atoms with van der Waals surface area (Å²) in [6.45, 7) is 9.09. The van der Waals surface area contributed by atoms with Crippen LogP contribution in [-0.4, -0.2) is 24.9 Å². The van der Waals surface area contributed by atoms with E-state index in [1.165, 1.54) is 6.42 Å². The lowest BCUT2D eigenvalue weighted by molar-refractivity contribution is -0.140. The molecule has 1 saturated carbocycles. The highest BCUT2D eigenvalue weighted by molar-refractivity contribution is 5.79. The minimum Gasteiger partial charge on any atom is -0.349 e. The van der Waals surface area contributed by atoms with Gasteiger partial charge in [-0.2, -0.15) is 0 Å². The molecule has 0 radical (unpaired) electrons. The molecule has 2 nitrogen and oxygen atoms in total. The zero-order chi connectivity index (χ0) is 11.9. The van der Waals surface area contributed by atoms with E-state index in [9.17, 15) is 4.79 Å². The molecule has 88 valence electrons. The lowest BCUT2D eigenvalue weighted by Crippen LogP contribution is -2.44. The Kier molecular flexibility index (Phi) is 3.18. The summed E-state index contributed by atoms with van der Waals surface area (Å²) in [6, 6.07) is 0. The first kappa shape index (κ1) is 12.5. The van der Waals surface area contributed by atoms with E-state index in [4.69, 9.17) is 0 Å². The SMILES string of the molecule is CN(C)C(=O)C1CCC(C)(C)CC1(C)C. The van der Waals surface area contributed by atoms with Gasteiger partial charge in [-0.15, -0.1) is 0 Å². The normalized spacial score (nSPS) is 28.5. The van der Waals surface area contributed by atoms with Crippen LogP contribution >= 0.6 is 0 Å². The van der Waals surface area contributed by atoms with Crippen LogP contribution in [-0.2, 0) is 4.79 Å². The van der Waals surface area contributed by atoms with Gasteiger partial charge in [0, 0.05) is 20.0 Å². The molecule has 1 aliphatic rings. The van der Waals surface area contributed by atoms with E-state index in [1.54, 1.807) is 4.90 Å². The van der Waals surface area contributed by atoms with Gasteiger partial charge < -0.3 is 4.90 Å². The quantitative estimate of drug-likeness (QED) is 0.653. The highest BCUT2D eigenvalue weighted by atomic mass is 16.2. The van der Waals surface area contributed by atoms with Crippen molar-refractivity contribution >= 4 is 5.91 Å². The molecule has 0 aromatic rings. The number of hydrogen-bond acceptors (Lipinski definition) is 1. The van der Waals surface area contributed by atoms with Crippen molar-refractivity contribution in [3.63, 3.8) is 0 Å². The average molecular weight is 211 g/mol. The highest BCUT2D eigenvalue weighted by Gasteiger charge is 2.44. The largest absolute Gasteiger partial charge is 0.349 e. The molecule has 1 rings (SSSR count). The second-order valence-electron chi connectivity index (χ2n) is 6.65. The fraction of sp³-hybridized carbons (Fsp3) is 0.923. The summed E-state index contributed by atoms with van der Waals surface area (Å²) in [4.78, 5) is 13.8. The topological polar surface area (TPSA) is 20.3 Å². The molecular weight excluding hydrogens is 186 g/mol. The van der Waals surface area contributed by atoms with Crippen LogP contribution in [0, 0.1) is 16.7 Å². The second kappa shape index (κ2) is 3.80. The predicted octanol–water partition coefficient (Wildman–Crippen LogP) is 2.93. The van der Waals surface area contributed by atoms with Gasteiger partial charge in [0.15, 0.2) is 0 Å². The van der Waals surface area contributed by atoms with Gasteiger partial charge in [-0.05, 0) is 30.1 Å². The van der Waals surface area contributed by atoms with E-state index in [1.807, 2.05) is 14.1 Å². The van der Waals surface area contributed by atoms with Crippen molar-refractivity contribution in [1.82, 2.24) is 4.90 Å². The molecule has 0 bridgehead atoms. The fourth-order valence-electron chi connectivity index (χ4n) is 3.14. The zero-order valence-electron chi connectivity index (χ0n) is 11.1. The van der Waals surface area contributed by atoms with Gasteiger partial charge in [-0.25, -0.2) is 0 Å². The van der Waals surface area contributed by atoms with E-state index >= 15 is 0 Å². The van der Waals surface area contributed by atoms with Crippen LogP contribution in [0.4, 0.5) is 0 Å². The maximum Gasteiger partial charge on any atom is 0.225 e. The second-order valence-corrected chi connectivity index (χ2v) is 6.65. The third kappa shape index (κ3) is 2.73. The first-order valence-electron chi connectivity index (χ1n) is 5.87. The first-order chi connectivity index (χ1) is 6.66. The standard InChI is InChI=1S/C13H25NO/c1-12(2)8-7-10(11(15)14(5)6)13(3,4)9-12/h10H,7-9H2,1-6H3. The smallest absolute Gasteiger partial charge is 0.225 e. The summed E-state index contributed by atoms with van der Waals surface area (Å²) >= 11 is 0. The van der Waals surface area contributed by atoms with E-state index in [-0.39, 0.29) is 11.3 Å². The van der Waals surface area contributed by atoms with Crippen molar-refractivity contribution in [3.8, 4) is 0 Å². The van der Waals surface area contributed by atoms with Crippen LogP contribution in [0.3, 0.4) is 0 Å². The molecule has 0 N–H and O–H groups in total. The monoisotopic (exact) mass is 211 g/mol. The van der Waals surface area contributed by atoms with Crippen molar-refractivity contribution < 1.29 is 4.79 Å². The Morgan fingerprint density at radius 3 is 2.13 bits per heavy atom. The molecule has 1 fully saturated rings. The Balaban J connectivity index is 2.81. The molecule has 0 aromatic heterocycles. The van der Waals surface area contributed by atoms with Gasteiger partial charge in [-0.1, -0.05) is 27.7 Å². The summed E-state index contributed by atoms with van der Waals surface area (Å²) in [5, 5.41) is 0. The lowest BCUT2D eigenvalue weighted by Gasteiger charge is -2.46. The Hall–Kier alpha value is -0.530. The summed E-state index contributed by atoms with van der Waals surface area (Å²) in [5.74, 6) is 0.510. The van der Waals surface area contributed by atoms with E-state index < -0.39 is 0 Å². The predicted molar refractivity (Wildman–Crippen MR) is 63.6 cm³/mol. The van der Waals surface area contributed by atoms with Crippen LogP contribution < -0.4 is 0 Å². The third-order valence-corrected chi connectivity index (χ3v) is 3.73. The van der Waals surface area contributed by atoms with Crippen LogP contribution in [0.25, 0.3) is 0 Å². The molecule has 15 heavy (non-hydrogen) atoms. The Labute approximate surface area is 94.0 Å². The zero-order valence-corrected chi connectivity index (χ0v) is 11.1. The summed E-state index contributed by atoms with van der Waals surface area (Å²) in [6.07, 6.45) is 3.35. The van der Waals surface area contributed by atoms with Gasteiger partial charge in [0.1, 0.15) is 0 Å². The molecule has 0 heterocycles. The molecule has 0 saturated heterocycles. The molecule has 0 spiro atoms. The summed E-state index contributed by atoms with van der Waals surface area (Å²) in [5.41, 5.74) is 0.537. The lowest BCUT2D eigenvalue weighted by atomic mass is 9.59. The number of amides is 1. The van der Waals surface area contributed by atoms with Crippen LogP contribution in [0.5, 0.6) is 0 Å². The molecule has 0 aliphatic heterocycles. The van der Waals surface area contributed by atoms with Crippen LogP contribution in [0.15, 0.2) is 0 Å². The number of hydrogen-bond donors (Lipinski definition) is 0. The van der Waals surface area contributed by atoms with Gasteiger partial charge in [-0.3, -0.25) is 4.79 Å². The van der Waals surface area contributed by atoms with Crippen molar-refractivity contribution in [3.05, 3.63) is 0 Å². The number of carbonyl (C=O) groups is 1. The summed E-state index contributed by atoms with van der Waals surface area (Å²) < 4.78 is 0. The summed E-state index contributed by atoms with van der Waals surface area (Å²) in [7, 11) is 3.72. The Bertz CT molecular complexity index is 253. The molecule has 2 heteroatoms. The molecule has 1 amide bonds. The molecule has 1 unspecified atom stereocenters. The van der Waals surface area contributed by atoms with Crippen molar-refractivity contribution in [2.45, 2.75) is 47.0 Å². The molecule has 1 aliphatic carbocycles. The molecule has 1 atom stereocenters. The fourth-order valence-corrected chi connectivity index (χ4v) is 3.14. The van der Waals surface area contributed by atoms with Gasteiger partial charge in [0.05, 0.1) is 0 Å². The van der Waals surface area contributed by atoms with Gasteiger partial charge >= 0.3 is 0 Å². The minimum absolute atomic E-state index is 0.142. The van der Waals surface area contributed by atoms with Crippen molar-refractivity contribution in [1.29, 1.82) is 0 Å². The Morgan fingerprint density at radius 1 is 1.20 bits per heavy atom. The number of carbonyl (C=O) groups excluding carboxylic acids is 1. The minimum atomic E-state index is 0.142. The van der Waals surface area contributed by atoms with E-state index in [0.29, 0.717) is 11.3 Å². The van der Waals surface area contributed by atoms with Crippen LogP contribution in [0.1, 0.15) is 47.0 Å². The first-order valence-corrected chi connectivity index (χ1v) is 5.87. The molecule has 0 aromatic carbocycles. The van der Waals surface area contributed by atoms with Gasteiger partial charge in [0.25, 0.3) is 0 Å². The highest BCUT2D eigenvalue weighted by Crippen LogP contribution is 2.49. The maximum absolute atomic E-state index is 12.1. The molecular formula is C13H25NO. The maximum atomic E-state index is 12.1. The van der Waals surface area contributed by atoms with E-state index in [2.05, 4.69) is 27.7 Å². The number of nitrogens with zero attached hydrogens (tertiary/aromatic N) is 1. The van der Waals surface area contributed by atoms with Gasteiger partial charge in [0.2, 0.25) is 5.91 Å². The average Bonchev–Trinajstić information content (AvgIpc) is 1.99. The van der Waals surface area contributed by atoms with Crippen molar-refractivity contribution in [2.75, 3.05) is 14.1 Å².